The molecule has 25 fully saturated rings. The van der Waals surface area contributed by atoms with Crippen molar-refractivity contribution in [2.75, 3.05) is 6.54 Å². The standard InChI is InChI=1S/C123H203BN4/c1-9-32-82(33-10-1)86-58-63-96(64-59-86)125(97-65-60-87(61-66-97)83-34-11-2-12-35-83)80-81-72-117-121-118(73-81)128(123-109(90-44-21-7-22-45-90)76-95(85-38-15-4-16-39-85)77-110(123)91-46-23-8-24-47-91)116-79-98(126-113-56-27-25-50-100(113)101-51-26-28-57-114(101)126)67-70-111(116)124(121)112-78-93(99-68-69-106-104-53-30-49-92-48-29-52-103(119(92)104)105-55-31-54-102(99)120(105)106)62-71-115(112)127(117)122-107(88-40-17-5-18-41-88)74-94(84-36-13-3-14-37-84)75-108(122)89-42-19-6-20-43-89/h81-123H,1-80H2/t81?,86?,87?,92?,93?,94?,95?,96?,97?,98-,99?,100-,101?,102?,103-,104?,105?,106?,107?,108?,109+,110?,111+,112?,113?,114+,115?,116?,117?,118?,119?,120?,121?,122?,123?/m0/s1. The van der Waals surface area contributed by atoms with Gasteiger partial charge in [0.1, 0.15) is 0 Å². The average molecular weight is 1750 g/mol. The van der Waals surface area contributed by atoms with E-state index >= 15 is 0 Å². The Labute approximate surface area is 790 Å². The topological polar surface area (TPSA) is 13.0 Å². The van der Waals surface area contributed by atoms with E-state index in [0.717, 1.165) is 262 Å². The summed E-state index contributed by atoms with van der Waals surface area (Å²) in [5.74, 6) is 32.8. The lowest BCUT2D eigenvalue weighted by Crippen LogP contribution is -2.77. The minimum absolute atomic E-state index is 0.815. The molecule has 0 amide bonds. The summed E-state index contributed by atoms with van der Waals surface area (Å²) >= 11 is 0. The first-order valence-electron chi connectivity index (χ1n) is 62.6. The van der Waals surface area contributed by atoms with Crippen LogP contribution in [0.15, 0.2) is 0 Å². The third kappa shape index (κ3) is 17.1. The van der Waals surface area contributed by atoms with Crippen LogP contribution in [0.25, 0.3) is 0 Å². The largest absolute Gasteiger partial charge is 0.297 e. The van der Waals surface area contributed by atoms with Crippen molar-refractivity contribution < 1.29 is 0 Å². The fourth-order valence-electron chi connectivity index (χ4n) is 47.0. The van der Waals surface area contributed by atoms with Crippen molar-refractivity contribution in [1.29, 1.82) is 0 Å². The number of rotatable bonds is 16. The fourth-order valence-corrected chi connectivity index (χ4v) is 47.0. The maximum absolute atomic E-state index is 4.17. The molecule has 0 radical (unpaired) electrons. The number of fused-ring (bicyclic) bond motifs is 9. The number of likely N-dealkylation sites (tertiary alicyclic amines) is 1. The van der Waals surface area contributed by atoms with Crippen LogP contribution in [0.4, 0.5) is 0 Å². The monoisotopic (exact) mass is 1750 g/mol. The van der Waals surface area contributed by atoms with Crippen molar-refractivity contribution in [3.8, 4) is 0 Å². The first-order chi connectivity index (χ1) is 63.5. The van der Waals surface area contributed by atoms with Crippen LogP contribution >= 0.6 is 0 Å². The van der Waals surface area contributed by atoms with Gasteiger partial charge in [-0.1, -0.05) is 327 Å². The summed E-state index contributed by atoms with van der Waals surface area (Å²) in [5.41, 5.74) is 0. The van der Waals surface area contributed by atoms with Crippen LogP contribution in [-0.2, 0) is 0 Å². The Balaban J connectivity index is 0.672. The highest BCUT2D eigenvalue weighted by Gasteiger charge is 2.71. The first kappa shape index (κ1) is 89.3. The second-order valence-corrected chi connectivity index (χ2v) is 55.9. The highest BCUT2D eigenvalue weighted by molar-refractivity contribution is 6.65. The Morgan fingerprint density at radius 1 is 0.180 bits per heavy atom. The highest BCUT2D eigenvalue weighted by atomic mass is 15.3. The molecule has 25 rings (SSSR count). The lowest BCUT2D eigenvalue weighted by atomic mass is 9.18. The summed E-state index contributed by atoms with van der Waals surface area (Å²) in [4.78, 5) is 15.6. The summed E-state index contributed by atoms with van der Waals surface area (Å²) in [7, 11) is 0. The average Bonchev–Trinajstić information content (AvgIpc) is 0.796. The Hall–Kier alpha value is -0.0951. The molecule has 22 saturated carbocycles. The lowest BCUT2D eigenvalue weighted by Gasteiger charge is -2.73. The van der Waals surface area contributed by atoms with Gasteiger partial charge in [-0.2, -0.15) is 0 Å². The molecule has 3 heterocycles. The van der Waals surface area contributed by atoms with Gasteiger partial charge in [0.15, 0.2) is 6.71 Å². The summed E-state index contributed by atoms with van der Waals surface area (Å²) in [5, 5.41) is 0. The van der Waals surface area contributed by atoms with Gasteiger partial charge < -0.3 is 0 Å². The van der Waals surface area contributed by atoms with Crippen molar-refractivity contribution in [3.05, 3.63) is 0 Å². The molecule has 3 aliphatic heterocycles. The third-order valence-electron chi connectivity index (χ3n) is 51.4. The molecule has 128 heavy (non-hydrogen) atoms. The second-order valence-electron chi connectivity index (χ2n) is 55.9. The lowest BCUT2D eigenvalue weighted by molar-refractivity contribution is -0.160. The third-order valence-corrected chi connectivity index (χ3v) is 51.4. The van der Waals surface area contributed by atoms with Gasteiger partial charge in [-0.05, 0) is 369 Å². The van der Waals surface area contributed by atoms with Gasteiger partial charge in [0.2, 0.25) is 0 Å². The number of hydrogen-bond donors (Lipinski definition) is 0. The molecule has 718 valence electrons. The normalized spacial score (nSPS) is 49.6. The van der Waals surface area contributed by atoms with Gasteiger partial charge >= 0.3 is 0 Å². The molecule has 0 aromatic carbocycles. The molecule has 22 aliphatic carbocycles. The summed E-state index contributed by atoms with van der Waals surface area (Å²) < 4.78 is 0. The van der Waals surface area contributed by atoms with E-state index in [9.17, 15) is 0 Å². The molecule has 23 unspecified atom stereocenters. The Morgan fingerprint density at radius 2 is 0.516 bits per heavy atom. The van der Waals surface area contributed by atoms with Gasteiger partial charge in [0, 0.05) is 73.0 Å². The smallest absolute Gasteiger partial charge is 0.156 e. The molecule has 0 aromatic rings. The van der Waals surface area contributed by atoms with Crippen LogP contribution in [0.2, 0.25) is 17.5 Å². The molecule has 25 aliphatic rings. The van der Waals surface area contributed by atoms with E-state index in [1.807, 2.05) is 0 Å². The molecule has 4 nitrogen and oxygen atoms in total. The minimum Gasteiger partial charge on any atom is -0.297 e. The molecular formula is C123H203BN4. The van der Waals surface area contributed by atoms with E-state index in [4.69, 9.17) is 0 Å². The molecule has 0 aromatic heterocycles. The van der Waals surface area contributed by atoms with Crippen LogP contribution in [0.3, 0.4) is 0 Å². The number of hydrogen-bond acceptors (Lipinski definition) is 4. The van der Waals surface area contributed by atoms with Crippen molar-refractivity contribution in [1.82, 2.24) is 19.6 Å². The summed E-state index contributed by atoms with van der Waals surface area (Å²) in [6.45, 7) is 2.51. The Bertz CT molecular complexity index is 3330. The van der Waals surface area contributed by atoms with Gasteiger partial charge in [-0.25, -0.2) is 0 Å². The van der Waals surface area contributed by atoms with Crippen molar-refractivity contribution in [2.45, 2.75) is 591 Å². The van der Waals surface area contributed by atoms with E-state index in [1.165, 1.54) is 19.4 Å². The Kier molecular flexibility index (Phi) is 28.0. The number of nitrogens with zero attached hydrogens (tertiary/aromatic N) is 4. The molecule has 29 atom stereocenters. The first-order valence-corrected chi connectivity index (χ1v) is 62.6. The van der Waals surface area contributed by atoms with Crippen LogP contribution in [0.1, 0.15) is 507 Å². The van der Waals surface area contributed by atoms with Crippen molar-refractivity contribution in [3.63, 3.8) is 0 Å². The quantitative estimate of drug-likeness (QED) is 0.143. The van der Waals surface area contributed by atoms with Crippen LogP contribution in [-0.4, -0.2) is 99.3 Å². The predicted molar refractivity (Wildman–Crippen MR) is 537 cm³/mol. The summed E-state index contributed by atoms with van der Waals surface area (Å²) in [6, 6.07) is 9.46. The fraction of sp³-hybridized carbons (Fsp3) is 1.00. The SMILES string of the molecule is C1CCC(C2CCC(N(CC3CC4C5B(C6CC(C7CCC8C9CCCC%10CCC[C@@H](C%11CCCC7C8%11)C%109)CCC6N4C4C(C6CCCCC6)CC(C6CCCCC6)CC4C4CCCCC4)[C@@H]4CC[C@H](N6C7CCCC[C@H]7C7CCCC[C@H]76)CC4N(C4C(C6CCCCC6)CC(C6CCCCC6)C[C@@H]4C4CCCCC4)C5C3)C3CCC(C4CCCCC4)CC3)CC2)CC1. The van der Waals surface area contributed by atoms with Gasteiger partial charge in [-0.3, -0.25) is 19.6 Å². The minimum atomic E-state index is 0.815. The van der Waals surface area contributed by atoms with Crippen molar-refractivity contribution in [2.24, 2.45) is 172 Å². The zero-order chi connectivity index (χ0) is 84.3. The van der Waals surface area contributed by atoms with E-state index < -0.39 is 0 Å². The highest BCUT2D eigenvalue weighted by Crippen LogP contribution is 2.72. The molecule has 0 bridgehead atoms. The van der Waals surface area contributed by atoms with E-state index in [0.29, 0.717) is 0 Å². The zero-order valence-corrected chi connectivity index (χ0v) is 83.8. The molecule has 0 N–H and O–H groups in total. The van der Waals surface area contributed by atoms with E-state index in [2.05, 4.69) is 19.6 Å². The van der Waals surface area contributed by atoms with Gasteiger partial charge in [-0.15, -0.1) is 0 Å². The Morgan fingerprint density at radius 3 is 0.961 bits per heavy atom. The van der Waals surface area contributed by atoms with Crippen molar-refractivity contribution >= 4 is 6.71 Å². The predicted octanol–water partition coefficient (Wildman–Crippen LogP) is 32.9. The van der Waals surface area contributed by atoms with E-state index in [1.54, 1.807) is 494 Å². The maximum atomic E-state index is 4.17. The maximum Gasteiger partial charge on any atom is 0.156 e. The van der Waals surface area contributed by atoms with Gasteiger partial charge in [0.25, 0.3) is 0 Å². The van der Waals surface area contributed by atoms with Crippen LogP contribution in [0.5, 0.6) is 0 Å². The van der Waals surface area contributed by atoms with E-state index in [-0.39, 0.29) is 0 Å². The van der Waals surface area contributed by atoms with Gasteiger partial charge in [0.05, 0.1) is 0 Å². The second kappa shape index (κ2) is 40.1. The molecule has 5 heteroatoms. The zero-order valence-electron chi connectivity index (χ0n) is 83.8. The molecule has 0 spiro atoms. The molecular weight excluding hydrogens is 1540 g/mol. The van der Waals surface area contributed by atoms with Crippen LogP contribution < -0.4 is 0 Å². The molecule has 3 saturated heterocycles. The summed E-state index contributed by atoms with van der Waals surface area (Å²) in [6.07, 6.45) is 126. The van der Waals surface area contributed by atoms with Crippen LogP contribution in [0, 0.1) is 172 Å².